The van der Waals surface area contributed by atoms with Gasteiger partial charge in [-0.3, -0.25) is 0 Å². The third-order valence-corrected chi connectivity index (χ3v) is 11.1. The van der Waals surface area contributed by atoms with Crippen molar-refractivity contribution in [3.8, 4) is 55.6 Å². The van der Waals surface area contributed by atoms with Gasteiger partial charge in [-0.1, -0.05) is 194 Å². The van der Waals surface area contributed by atoms with E-state index in [4.69, 9.17) is 0 Å². The second-order valence-corrected chi connectivity index (χ2v) is 14.5. The lowest BCUT2D eigenvalue weighted by atomic mass is 9.89. The lowest BCUT2D eigenvalue weighted by Gasteiger charge is -2.26. The molecule has 0 bridgehead atoms. The fraction of sp³-hybridized carbons (Fsp3) is 0. The van der Waals surface area contributed by atoms with Crippen molar-refractivity contribution >= 4 is 38.6 Å². The molecule has 0 saturated carbocycles. The van der Waals surface area contributed by atoms with Gasteiger partial charge in [0.2, 0.25) is 0 Å². The number of nitrogens with zero attached hydrogens (tertiary/aromatic N) is 1. The Bertz CT molecular complexity index is 2950. The van der Waals surface area contributed by atoms with E-state index in [0.717, 1.165) is 17.1 Å². The van der Waals surface area contributed by atoms with Crippen LogP contribution in [0.1, 0.15) is 0 Å². The Balaban J connectivity index is 1.02. The molecule has 0 saturated heterocycles. The first-order valence-electron chi connectivity index (χ1n) is 19.6. The average Bonchev–Trinajstić information content (AvgIpc) is 3.30. The second kappa shape index (κ2) is 15.0. The third-order valence-electron chi connectivity index (χ3n) is 11.1. The van der Waals surface area contributed by atoms with E-state index in [-0.39, 0.29) is 0 Å². The fourth-order valence-electron chi connectivity index (χ4n) is 8.21. The van der Waals surface area contributed by atoms with E-state index in [1.54, 1.807) is 0 Å². The Hall–Kier alpha value is -7.48. The summed E-state index contributed by atoms with van der Waals surface area (Å²) in [6.45, 7) is 0. The molecule has 0 atom stereocenters. The molecule has 0 amide bonds. The molecule has 0 aliphatic heterocycles. The summed E-state index contributed by atoms with van der Waals surface area (Å²) in [6, 6.07) is 85.5. The van der Waals surface area contributed by atoms with Gasteiger partial charge in [0.1, 0.15) is 0 Å². The quantitative estimate of drug-likeness (QED) is 0.141. The van der Waals surface area contributed by atoms with Gasteiger partial charge in [0.05, 0.1) is 0 Å². The molecule has 0 heterocycles. The SMILES string of the molecule is c1ccc(-c2ccc(-c3ccc(N(c4ccc(-c5ccccc5)cc4)c4ccc(-c5ccccc5-c5cc6ccccc6c6ccccc56)cc4)cc3)cc2)cc1. The average molecular weight is 726 g/mol. The van der Waals surface area contributed by atoms with E-state index in [9.17, 15) is 0 Å². The summed E-state index contributed by atoms with van der Waals surface area (Å²) in [7, 11) is 0. The molecule has 0 aliphatic rings. The number of anilines is 3. The van der Waals surface area contributed by atoms with Crippen LogP contribution in [0, 0.1) is 0 Å². The highest BCUT2D eigenvalue weighted by molar-refractivity contribution is 6.14. The minimum atomic E-state index is 1.10. The van der Waals surface area contributed by atoms with Crippen LogP contribution in [0.15, 0.2) is 237 Å². The zero-order valence-electron chi connectivity index (χ0n) is 31.5. The Morgan fingerprint density at radius 2 is 0.561 bits per heavy atom. The summed E-state index contributed by atoms with van der Waals surface area (Å²) in [5, 5.41) is 5.07. The van der Waals surface area contributed by atoms with Crippen LogP contribution in [0.25, 0.3) is 77.2 Å². The monoisotopic (exact) mass is 725 g/mol. The van der Waals surface area contributed by atoms with E-state index in [1.165, 1.54) is 77.2 Å². The molecule has 1 heteroatoms. The summed E-state index contributed by atoms with van der Waals surface area (Å²) in [5.41, 5.74) is 15.4. The predicted octanol–water partition coefficient (Wildman–Crippen LogP) is 15.8. The molecule has 10 aromatic rings. The van der Waals surface area contributed by atoms with Gasteiger partial charge in [0.15, 0.2) is 0 Å². The van der Waals surface area contributed by atoms with Crippen LogP contribution in [-0.2, 0) is 0 Å². The first kappa shape index (κ1) is 34.0. The van der Waals surface area contributed by atoms with Crippen molar-refractivity contribution < 1.29 is 0 Å². The summed E-state index contributed by atoms with van der Waals surface area (Å²) in [6.07, 6.45) is 0. The van der Waals surface area contributed by atoms with Crippen molar-refractivity contribution in [1.29, 1.82) is 0 Å². The number of rotatable bonds is 8. The minimum Gasteiger partial charge on any atom is -0.311 e. The van der Waals surface area contributed by atoms with Crippen molar-refractivity contribution in [3.05, 3.63) is 237 Å². The summed E-state index contributed by atoms with van der Waals surface area (Å²) < 4.78 is 0. The van der Waals surface area contributed by atoms with Crippen LogP contribution in [0.3, 0.4) is 0 Å². The highest BCUT2D eigenvalue weighted by atomic mass is 15.1. The lowest BCUT2D eigenvalue weighted by Crippen LogP contribution is -2.09. The zero-order valence-corrected chi connectivity index (χ0v) is 31.5. The standard InChI is InChI=1S/C56H39N/c1-3-13-40(14-4-1)42-23-25-43(26-24-42)45-29-35-49(36-30-45)57(48-33-27-44(28-34-48)41-15-5-2-6-16-41)50-37-31-46(32-38-50)51-18-9-10-21-54(51)56-39-47-17-7-8-19-52(47)53-20-11-12-22-55(53)56/h1-39H. The lowest BCUT2D eigenvalue weighted by molar-refractivity contribution is 1.28. The van der Waals surface area contributed by atoms with Gasteiger partial charge in [-0.25, -0.2) is 0 Å². The summed E-state index contributed by atoms with van der Waals surface area (Å²) in [4.78, 5) is 2.35. The molecule has 0 fully saturated rings. The fourth-order valence-corrected chi connectivity index (χ4v) is 8.21. The smallest absolute Gasteiger partial charge is 0.0462 e. The molecular formula is C56H39N. The number of hydrogen-bond acceptors (Lipinski definition) is 1. The maximum atomic E-state index is 2.35. The molecule has 10 rings (SSSR count). The predicted molar refractivity (Wildman–Crippen MR) is 243 cm³/mol. The van der Waals surface area contributed by atoms with Crippen molar-refractivity contribution in [1.82, 2.24) is 0 Å². The maximum absolute atomic E-state index is 2.35. The second-order valence-electron chi connectivity index (χ2n) is 14.5. The van der Waals surface area contributed by atoms with Gasteiger partial charge in [0, 0.05) is 17.1 Å². The molecular weight excluding hydrogens is 687 g/mol. The highest BCUT2D eigenvalue weighted by Crippen LogP contribution is 2.42. The Morgan fingerprint density at radius 1 is 0.211 bits per heavy atom. The molecule has 0 radical (unpaired) electrons. The minimum absolute atomic E-state index is 1.10. The van der Waals surface area contributed by atoms with Gasteiger partial charge in [-0.2, -0.15) is 0 Å². The highest BCUT2D eigenvalue weighted by Gasteiger charge is 2.16. The molecule has 0 spiro atoms. The zero-order chi connectivity index (χ0) is 38.0. The van der Waals surface area contributed by atoms with Crippen molar-refractivity contribution in [2.24, 2.45) is 0 Å². The van der Waals surface area contributed by atoms with Gasteiger partial charge in [-0.05, 0) is 120 Å². The molecule has 10 aromatic carbocycles. The Labute approximate surface area is 334 Å². The van der Waals surface area contributed by atoms with Crippen molar-refractivity contribution in [2.45, 2.75) is 0 Å². The van der Waals surface area contributed by atoms with Crippen LogP contribution in [-0.4, -0.2) is 0 Å². The number of hydrogen-bond donors (Lipinski definition) is 0. The molecule has 0 unspecified atom stereocenters. The van der Waals surface area contributed by atoms with Crippen molar-refractivity contribution in [2.75, 3.05) is 4.90 Å². The van der Waals surface area contributed by atoms with Gasteiger partial charge >= 0.3 is 0 Å². The van der Waals surface area contributed by atoms with Gasteiger partial charge < -0.3 is 4.90 Å². The number of benzene rings is 10. The van der Waals surface area contributed by atoms with E-state index < -0.39 is 0 Å². The normalized spacial score (nSPS) is 11.2. The first-order valence-corrected chi connectivity index (χ1v) is 19.6. The van der Waals surface area contributed by atoms with Gasteiger partial charge in [-0.15, -0.1) is 0 Å². The van der Waals surface area contributed by atoms with Crippen LogP contribution in [0.2, 0.25) is 0 Å². The Kier molecular flexibility index (Phi) is 8.95. The van der Waals surface area contributed by atoms with Gasteiger partial charge in [0.25, 0.3) is 0 Å². The van der Waals surface area contributed by atoms with Crippen LogP contribution in [0.5, 0.6) is 0 Å². The third kappa shape index (κ3) is 6.66. The molecule has 0 aliphatic carbocycles. The molecule has 268 valence electrons. The van der Waals surface area contributed by atoms with E-state index >= 15 is 0 Å². The van der Waals surface area contributed by atoms with Crippen molar-refractivity contribution in [3.63, 3.8) is 0 Å². The molecule has 1 nitrogen and oxygen atoms in total. The first-order chi connectivity index (χ1) is 28.3. The van der Waals surface area contributed by atoms with E-state index in [1.807, 2.05) is 0 Å². The van der Waals surface area contributed by atoms with Crippen LogP contribution >= 0.6 is 0 Å². The number of fused-ring (bicyclic) bond motifs is 3. The molecule has 0 aromatic heterocycles. The summed E-state index contributed by atoms with van der Waals surface area (Å²) >= 11 is 0. The van der Waals surface area contributed by atoms with Crippen LogP contribution in [0.4, 0.5) is 17.1 Å². The topological polar surface area (TPSA) is 3.24 Å². The molecule has 57 heavy (non-hydrogen) atoms. The summed E-state index contributed by atoms with van der Waals surface area (Å²) in [5.74, 6) is 0. The van der Waals surface area contributed by atoms with Crippen LogP contribution < -0.4 is 4.90 Å². The van der Waals surface area contributed by atoms with E-state index in [0.29, 0.717) is 0 Å². The maximum Gasteiger partial charge on any atom is 0.0462 e. The van der Waals surface area contributed by atoms with E-state index in [2.05, 4.69) is 241 Å². The molecule has 0 N–H and O–H groups in total. The largest absolute Gasteiger partial charge is 0.311 e. The Morgan fingerprint density at radius 3 is 1.07 bits per heavy atom.